The number of halogens is 1. The molecule has 0 aliphatic heterocycles. The first kappa shape index (κ1) is 18.6. The van der Waals surface area contributed by atoms with E-state index in [4.69, 9.17) is 16.3 Å². The third-order valence-corrected chi connectivity index (χ3v) is 4.27. The highest BCUT2D eigenvalue weighted by atomic mass is 35.5. The highest BCUT2D eigenvalue weighted by molar-refractivity contribution is 7.11. The standard InChI is InChI=1S/C18H20ClNO3S/c1-18(2,3)23-15(21)6-4-5-12-7-8-14(19)13(11-12)16(22)17-20-9-10-24-17/h7-11H,4-6H2,1-3H3. The number of aromatic nitrogens is 1. The Morgan fingerprint density at radius 2 is 2.04 bits per heavy atom. The SMILES string of the molecule is CC(C)(C)OC(=O)CCCc1ccc(Cl)c(C(=O)c2nccs2)c1. The first-order valence-corrected chi connectivity index (χ1v) is 8.96. The molecule has 0 N–H and O–H groups in total. The van der Waals surface area contributed by atoms with Crippen molar-refractivity contribution < 1.29 is 14.3 Å². The molecule has 2 aromatic rings. The number of carbonyl (C=O) groups excluding carboxylic acids is 2. The number of rotatable bonds is 6. The van der Waals surface area contributed by atoms with E-state index in [-0.39, 0.29) is 11.8 Å². The maximum absolute atomic E-state index is 12.4. The molecule has 24 heavy (non-hydrogen) atoms. The molecule has 0 atom stereocenters. The number of thiazole rings is 1. The summed E-state index contributed by atoms with van der Waals surface area (Å²) in [6.07, 6.45) is 3.27. The molecule has 0 saturated carbocycles. The number of ether oxygens (including phenoxy) is 1. The van der Waals surface area contributed by atoms with Crippen molar-refractivity contribution >= 4 is 34.7 Å². The molecule has 2 rings (SSSR count). The minimum Gasteiger partial charge on any atom is -0.460 e. The van der Waals surface area contributed by atoms with Crippen LogP contribution < -0.4 is 0 Å². The van der Waals surface area contributed by atoms with Gasteiger partial charge in [0.05, 0.1) is 5.02 Å². The molecular formula is C18H20ClNO3S. The van der Waals surface area contributed by atoms with E-state index in [0.29, 0.717) is 34.9 Å². The largest absolute Gasteiger partial charge is 0.460 e. The molecule has 0 aliphatic rings. The lowest BCUT2D eigenvalue weighted by atomic mass is 10.0. The zero-order chi connectivity index (χ0) is 17.7. The quantitative estimate of drug-likeness (QED) is 0.550. The van der Waals surface area contributed by atoms with Gasteiger partial charge in [0, 0.05) is 23.6 Å². The van der Waals surface area contributed by atoms with E-state index in [1.165, 1.54) is 11.3 Å². The molecule has 1 aromatic heterocycles. The van der Waals surface area contributed by atoms with Crippen molar-refractivity contribution in [1.82, 2.24) is 4.98 Å². The number of carbonyl (C=O) groups is 2. The van der Waals surface area contributed by atoms with E-state index >= 15 is 0 Å². The maximum Gasteiger partial charge on any atom is 0.306 e. The van der Waals surface area contributed by atoms with Gasteiger partial charge in [0.25, 0.3) is 0 Å². The van der Waals surface area contributed by atoms with E-state index in [9.17, 15) is 9.59 Å². The Morgan fingerprint density at radius 3 is 2.67 bits per heavy atom. The summed E-state index contributed by atoms with van der Waals surface area (Å²) in [6.45, 7) is 5.54. The molecule has 128 valence electrons. The molecule has 0 saturated heterocycles. The molecule has 1 aromatic carbocycles. The topological polar surface area (TPSA) is 56.3 Å². The van der Waals surface area contributed by atoms with Gasteiger partial charge < -0.3 is 4.74 Å². The molecule has 0 unspecified atom stereocenters. The van der Waals surface area contributed by atoms with Gasteiger partial charge in [-0.15, -0.1) is 11.3 Å². The minimum absolute atomic E-state index is 0.177. The zero-order valence-corrected chi connectivity index (χ0v) is 15.5. The van der Waals surface area contributed by atoms with E-state index in [1.807, 2.05) is 26.8 Å². The Balaban J connectivity index is 1.99. The summed E-state index contributed by atoms with van der Waals surface area (Å²) in [7, 11) is 0. The lowest BCUT2D eigenvalue weighted by Gasteiger charge is -2.19. The number of hydrogen-bond acceptors (Lipinski definition) is 5. The van der Waals surface area contributed by atoms with Crippen molar-refractivity contribution in [3.05, 3.63) is 50.9 Å². The Kier molecular flexibility index (Phi) is 6.13. The fourth-order valence-corrected chi connectivity index (χ4v) is 2.97. The Morgan fingerprint density at radius 1 is 1.29 bits per heavy atom. The maximum atomic E-state index is 12.4. The third kappa shape index (κ3) is 5.42. The second kappa shape index (κ2) is 7.90. The molecule has 0 radical (unpaired) electrons. The lowest BCUT2D eigenvalue weighted by Crippen LogP contribution is -2.23. The number of ketones is 1. The predicted molar refractivity (Wildman–Crippen MR) is 95.8 cm³/mol. The van der Waals surface area contributed by atoms with Gasteiger partial charge in [-0.25, -0.2) is 4.98 Å². The molecule has 0 spiro atoms. The zero-order valence-electron chi connectivity index (χ0n) is 14.0. The first-order valence-electron chi connectivity index (χ1n) is 7.71. The highest BCUT2D eigenvalue weighted by Gasteiger charge is 2.17. The second-order valence-corrected chi connectivity index (χ2v) is 7.72. The van der Waals surface area contributed by atoms with E-state index in [2.05, 4.69) is 4.98 Å². The molecule has 4 nitrogen and oxygen atoms in total. The summed E-state index contributed by atoms with van der Waals surface area (Å²) in [6, 6.07) is 5.36. The van der Waals surface area contributed by atoms with Crippen LogP contribution in [0, 0.1) is 0 Å². The fourth-order valence-electron chi connectivity index (χ4n) is 2.18. The summed E-state index contributed by atoms with van der Waals surface area (Å²) in [5.74, 6) is -0.389. The summed E-state index contributed by atoms with van der Waals surface area (Å²) in [5, 5.41) is 2.58. The van der Waals surface area contributed by atoms with E-state index < -0.39 is 5.60 Å². The number of aryl methyl sites for hydroxylation is 1. The van der Waals surface area contributed by atoms with Gasteiger partial charge in [-0.05, 0) is 51.3 Å². The normalized spacial score (nSPS) is 11.3. The number of benzene rings is 1. The minimum atomic E-state index is -0.468. The monoisotopic (exact) mass is 365 g/mol. The van der Waals surface area contributed by atoms with Crippen molar-refractivity contribution in [2.45, 2.75) is 45.6 Å². The Bertz CT molecular complexity index is 720. The molecule has 6 heteroatoms. The van der Waals surface area contributed by atoms with Crippen molar-refractivity contribution in [3.8, 4) is 0 Å². The number of nitrogens with zero attached hydrogens (tertiary/aromatic N) is 1. The van der Waals surface area contributed by atoms with Crippen LogP contribution in [0.4, 0.5) is 0 Å². The van der Waals surface area contributed by atoms with Gasteiger partial charge in [-0.1, -0.05) is 17.7 Å². The molecule has 1 heterocycles. The van der Waals surface area contributed by atoms with Gasteiger partial charge in [0.15, 0.2) is 5.01 Å². The molecule has 0 aliphatic carbocycles. The van der Waals surface area contributed by atoms with Gasteiger partial charge >= 0.3 is 5.97 Å². The van der Waals surface area contributed by atoms with Crippen molar-refractivity contribution in [2.24, 2.45) is 0 Å². The second-order valence-electron chi connectivity index (χ2n) is 6.42. The van der Waals surface area contributed by atoms with E-state index in [0.717, 1.165) is 5.56 Å². The third-order valence-electron chi connectivity index (χ3n) is 3.17. The number of esters is 1. The van der Waals surface area contributed by atoms with Crippen LogP contribution in [0.25, 0.3) is 0 Å². The molecule has 0 amide bonds. The average Bonchev–Trinajstić information content (AvgIpc) is 3.00. The van der Waals surface area contributed by atoms with Crippen LogP contribution in [0.1, 0.15) is 54.5 Å². The van der Waals surface area contributed by atoms with Gasteiger partial charge in [0.2, 0.25) is 5.78 Å². The predicted octanol–water partition coefficient (Wildman–Crippen LogP) is 4.69. The van der Waals surface area contributed by atoms with Crippen LogP contribution in [-0.4, -0.2) is 22.3 Å². The van der Waals surface area contributed by atoms with Gasteiger partial charge in [-0.2, -0.15) is 0 Å². The van der Waals surface area contributed by atoms with Gasteiger partial charge in [-0.3, -0.25) is 9.59 Å². The van der Waals surface area contributed by atoms with Crippen LogP contribution in [0.15, 0.2) is 29.8 Å². The van der Waals surface area contributed by atoms with Crippen LogP contribution in [0.3, 0.4) is 0 Å². The lowest BCUT2D eigenvalue weighted by molar-refractivity contribution is -0.154. The summed E-state index contributed by atoms with van der Waals surface area (Å²) in [4.78, 5) is 28.2. The van der Waals surface area contributed by atoms with Crippen LogP contribution >= 0.6 is 22.9 Å². The van der Waals surface area contributed by atoms with Crippen LogP contribution in [0.5, 0.6) is 0 Å². The average molecular weight is 366 g/mol. The fraction of sp³-hybridized carbons (Fsp3) is 0.389. The molecule has 0 bridgehead atoms. The summed E-state index contributed by atoms with van der Waals surface area (Å²) >= 11 is 7.43. The summed E-state index contributed by atoms with van der Waals surface area (Å²) < 4.78 is 5.28. The Labute approximate surface area is 150 Å². The number of hydrogen-bond donors (Lipinski definition) is 0. The summed E-state index contributed by atoms with van der Waals surface area (Å²) in [5.41, 5.74) is 0.939. The van der Waals surface area contributed by atoms with Gasteiger partial charge in [0.1, 0.15) is 5.60 Å². The van der Waals surface area contributed by atoms with Crippen molar-refractivity contribution in [1.29, 1.82) is 0 Å². The first-order chi connectivity index (χ1) is 11.3. The van der Waals surface area contributed by atoms with E-state index in [1.54, 1.807) is 23.7 Å². The van der Waals surface area contributed by atoms with Crippen LogP contribution in [0.2, 0.25) is 5.02 Å². The smallest absolute Gasteiger partial charge is 0.306 e. The molecular weight excluding hydrogens is 346 g/mol. The van der Waals surface area contributed by atoms with Crippen molar-refractivity contribution in [2.75, 3.05) is 0 Å². The Hall–Kier alpha value is -1.72. The van der Waals surface area contributed by atoms with Crippen molar-refractivity contribution in [3.63, 3.8) is 0 Å². The van der Waals surface area contributed by atoms with Crippen LogP contribution in [-0.2, 0) is 16.0 Å². The highest BCUT2D eigenvalue weighted by Crippen LogP contribution is 2.23. The molecule has 0 fully saturated rings.